The zero-order valence-electron chi connectivity index (χ0n) is 13.9. The number of aliphatic imine (C=N–C) groups is 1. The van der Waals surface area contributed by atoms with Gasteiger partial charge in [0.25, 0.3) is 0 Å². The Morgan fingerprint density at radius 1 is 1.17 bits per heavy atom. The van der Waals surface area contributed by atoms with Gasteiger partial charge in [-0.2, -0.15) is 0 Å². The van der Waals surface area contributed by atoms with Crippen LogP contribution in [0.25, 0.3) is 0 Å². The van der Waals surface area contributed by atoms with E-state index in [1.807, 2.05) is 24.4 Å². The van der Waals surface area contributed by atoms with E-state index in [0.29, 0.717) is 6.54 Å². The van der Waals surface area contributed by atoms with Crippen LogP contribution < -0.4 is 10.6 Å². The molecule has 1 aromatic carbocycles. The predicted octanol–water partition coefficient (Wildman–Crippen LogP) is 3.63. The molecule has 1 saturated carbocycles. The molecule has 0 spiro atoms. The summed E-state index contributed by atoms with van der Waals surface area (Å²) in [6, 6.07) is 14.7. The van der Waals surface area contributed by atoms with Crippen molar-refractivity contribution in [1.82, 2.24) is 15.6 Å². The number of halogens is 1. The number of pyridine rings is 1. The third-order valence-electron chi connectivity index (χ3n) is 4.75. The van der Waals surface area contributed by atoms with Crippen molar-refractivity contribution in [2.75, 3.05) is 13.6 Å². The normalized spacial score (nSPS) is 16.3. The van der Waals surface area contributed by atoms with Crippen LogP contribution >= 0.6 is 15.9 Å². The van der Waals surface area contributed by atoms with Crippen LogP contribution in [0.3, 0.4) is 0 Å². The Morgan fingerprint density at radius 3 is 2.54 bits per heavy atom. The van der Waals surface area contributed by atoms with Crippen molar-refractivity contribution in [1.29, 1.82) is 0 Å². The lowest BCUT2D eigenvalue weighted by Crippen LogP contribution is -2.48. The molecule has 2 aromatic rings. The molecule has 0 aliphatic heterocycles. The van der Waals surface area contributed by atoms with Gasteiger partial charge < -0.3 is 10.6 Å². The summed E-state index contributed by atoms with van der Waals surface area (Å²) in [5.41, 5.74) is 2.64. The Kier molecular flexibility index (Phi) is 5.51. The van der Waals surface area contributed by atoms with Gasteiger partial charge in [0.2, 0.25) is 0 Å². The highest BCUT2D eigenvalue weighted by Gasteiger charge is 2.38. The second-order valence-electron chi connectivity index (χ2n) is 6.24. The molecule has 0 unspecified atom stereocenters. The lowest BCUT2D eigenvalue weighted by atomic mass is 9.64. The van der Waals surface area contributed by atoms with E-state index in [4.69, 9.17) is 0 Å². The number of guanidine groups is 1. The number of hydrogen-bond acceptors (Lipinski definition) is 2. The van der Waals surface area contributed by atoms with Gasteiger partial charge in [0.05, 0.1) is 12.2 Å². The largest absolute Gasteiger partial charge is 0.356 e. The summed E-state index contributed by atoms with van der Waals surface area (Å²) >= 11 is 3.52. The average molecular weight is 387 g/mol. The van der Waals surface area contributed by atoms with Crippen LogP contribution in [-0.2, 0) is 12.0 Å². The summed E-state index contributed by atoms with van der Waals surface area (Å²) in [6.07, 6.45) is 5.54. The molecule has 1 heterocycles. The fraction of sp³-hybridized carbons (Fsp3) is 0.368. The van der Waals surface area contributed by atoms with Crippen molar-refractivity contribution >= 4 is 21.9 Å². The molecule has 1 aromatic heterocycles. The third kappa shape index (κ3) is 3.96. The lowest BCUT2D eigenvalue weighted by Gasteiger charge is -2.43. The van der Waals surface area contributed by atoms with Gasteiger partial charge >= 0.3 is 0 Å². The van der Waals surface area contributed by atoms with Crippen molar-refractivity contribution in [3.05, 3.63) is 64.4 Å². The van der Waals surface area contributed by atoms with Crippen LogP contribution in [0.4, 0.5) is 0 Å². The van der Waals surface area contributed by atoms with Crippen LogP contribution in [0, 0.1) is 0 Å². The number of rotatable bonds is 5. The Bertz CT molecular complexity index is 678. The minimum absolute atomic E-state index is 0.226. The van der Waals surface area contributed by atoms with E-state index in [1.54, 1.807) is 7.05 Å². The van der Waals surface area contributed by atoms with Crippen molar-refractivity contribution in [3.63, 3.8) is 0 Å². The molecule has 1 aliphatic rings. The molecule has 1 aliphatic carbocycles. The zero-order chi connectivity index (χ0) is 16.8. The van der Waals surface area contributed by atoms with Gasteiger partial charge in [-0.05, 0) is 42.7 Å². The van der Waals surface area contributed by atoms with E-state index in [2.05, 4.69) is 60.8 Å². The summed E-state index contributed by atoms with van der Waals surface area (Å²) in [5.74, 6) is 0.823. The number of benzene rings is 1. The highest BCUT2D eigenvalue weighted by molar-refractivity contribution is 9.10. The summed E-state index contributed by atoms with van der Waals surface area (Å²) in [6.45, 7) is 1.57. The quantitative estimate of drug-likeness (QED) is 0.609. The van der Waals surface area contributed by atoms with E-state index in [1.165, 1.54) is 24.8 Å². The van der Waals surface area contributed by atoms with Crippen LogP contribution in [0.15, 0.2) is 58.1 Å². The first-order valence-electron chi connectivity index (χ1n) is 8.32. The molecule has 126 valence electrons. The fourth-order valence-electron chi connectivity index (χ4n) is 3.13. The van der Waals surface area contributed by atoms with Crippen LogP contribution in [0.1, 0.15) is 30.5 Å². The SMILES string of the molecule is CN=C(NCc1ccccn1)NCC1(c2ccc(Br)cc2)CCC1. The Labute approximate surface area is 151 Å². The van der Waals surface area contributed by atoms with Crippen LogP contribution in [0.5, 0.6) is 0 Å². The Hall–Kier alpha value is -1.88. The maximum absolute atomic E-state index is 4.33. The molecule has 0 saturated heterocycles. The van der Waals surface area contributed by atoms with Gasteiger partial charge in [-0.15, -0.1) is 0 Å². The summed E-state index contributed by atoms with van der Waals surface area (Å²) in [4.78, 5) is 8.66. The molecule has 0 radical (unpaired) electrons. The second-order valence-corrected chi connectivity index (χ2v) is 7.16. The van der Waals surface area contributed by atoms with E-state index in [-0.39, 0.29) is 5.41 Å². The number of hydrogen-bond donors (Lipinski definition) is 2. The maximum atomic E-state index is 4.33. The maximum Gasteiger partial charge on any atom is 0.191 e. The van der Waals surface area contributed by atoms with Gasteiger partial charge in [0.1, 0.15) is 0 Å². The van der Waals surface area contributed by atoms with Crippen molar-refractivity contribution in [3.8, 4) is 0 Å². The van der Waals surface area contributed by atoms with Gasteiger partial charge in [-0.25, -0.2) is 0 Å². The fourth-order valence-corrected chi connectivity index (χ4v) is 3.39. The van der Waals surface area contributed by atoms with Crippen LogP contribution in [0.2, 0.25) is 0 Å². The van der Waals surface area contributed by atoms with E-state index in [9.17, 15) is 0 Å². The minimum atomic E-state index is 0.226. The summed E-state index contributed by atoms with van der Waals surface area (Å²) in [7, 11) is 1.81. The van der Waals surface area contributed by atoms with Crippen molar-refractivity contribution < 1.29 is 0 Å². The zero-order valence-corrected chi connectivity index (χ0v) is 15.5. The summed E-state index contributed by atoms with van der Waals surface area (Å²) in [5, 5.41) is 6.83. The predicted molar refractivity (Wildman–Crippen MR) is 102 cm³/mol. The topological polar surface area (TPSA) is 49.3 Å². The molecule has 0 atom stereocenters. The molecule has 3 rings (SSSR count). The summed E-state index contributed by atoms with van der Waals surface area (Å²) < 4.78 is 1.13. The van der Waals surface area contributed by atoms with Crippen molar-refractivity contribution in [2.24, 2.45) is 4.99 Å². The first-order chi connectivity index (χ1) is 11.7. The smallest absolute Gasteiger partial charge is 0.191 e. The van der Waals surface area contributed by atoms with E-state index >= 15 is 0 Å². The molecule has 1 fully saturated rings. The monoisotopic (exact) mass is 386 g/mol. The van der Waals surface area contributed by atoms with Gasteiger partial charge in [0, 0.05) is 29.7 Å². The molecular formula is C19H23BrN4. The second kappa shape index (κ2) is 7.79. The Balaban J connectivity index is 1.59. The molecule has 24 heavy (non-hydrogen) atoms. The minimum Gasteiger partial charge on any atom is -0.356 e. The first kappa shape index (κ1) is 17.0. The number of nitrogens with one attached hydrogen (secondary N) is 2. The van der Waals surface area contributed by atoms with Gasteiger partial charge in [0.15, 0.2) is 5.96 Å². The molecule has 4 nitrogen and oxygen atoms in total. The molecule has 5 heteroatoms. The van der Waals surface area contributed by atoms with E-state index in [0.717, 1.165) is 22.7 Å². The average Bonchev–Trinajstić information content (AvgIpc) is 2.59. The molecule has 0 bridgehead atoms. The van der Waals surface area contributed by atoms with Gasteiger partial charge in [-0.1, -0.05) is 40.5 Å². The van der Waals surface area contributed by atoms with Gasteiger partial charge in [-0.3, -0.25) is 9.98 Å². The highest BCUT2D eigenvalue weighted by Crippen LogP contribution is 2.43. The van der Waals surface area contributed by atoms with E-state index < -0.39 is 0 Å². The molecule has 2 N–H and O–H groups in total. The first-order valence-corrected chi connectivity index (χ1v) is 9.12. The highest BCUT2D eigenvalue weighted by atomic mass is 79.9. The standard InChI is InChI=1S/C19H23BrN4/c1-21-18(23-13-17-5-2-3-12-22-17)24-14-19(10-4-11-19)15-6-8-16(20)9-7-15/h2-3,5-9,12H,4,10-11,13-14H2,1H3,(H2,21,23,24). The number of nitrogens with zero attached hydrogens (tertiary/aromatic N) is 2. The van der Waals surface area contributed by atoms with Crippen molar-refractivity contribution in [2.45, 2.75) is 31.2 Å². The number of aromatic nitrogens is 1. The lowest BCUT2D eigenvalue weighted by molar-refractivity contribution is 0.244. The molecular weight excluding hydrogens is 364 g/mol. The third-order valence-corrected chi connectivity index (χ3v) is 5.28. The molecule has 0 amide bonds. The van der Waals surface area contributed by atoms with Crippen LogP contribution in [-0.4, -0.2) is 24.5 Å². The Morgan fingerprint density at radius 2 is 1.96 bits per heavy atom.